The van der Waals surface area contributed by atoms with Crippen molar-refractivity contribution in [2.75, 3.05) is 13.2 Å². The first kappa shape index (κ1) is 22.9. The highest BCUT2D eigenvalue weighted by Crippen LogP contribution is 2.34. The lowest BCUT2D eigenvalue weighted by Crippen LogP contribution is -2.33. The van der Waals surface area contributed by atoms with Crippen LogP contribution in [-0.4, -0.2) is 37.9 Å². The summed E-state index contributed by atoms with van der Waals surface area (Å²) in [6, 6.07) is 10.2. The number of aliphatic hydroxyl groups is 2. The fourth-order valence-corrected chi connectivity index (χ4v) is 4.00. The molecule has 3 N–H and O–H groups in total. The summed E-state index contributed by atoms with van der Waals surface area (Å²) in [4.78, 5) is 11.3. The van der Waals surface area contributed by atoms with Gasteiger partial charge in [0.05, 0.1) is 23.2 Å². The zero-order valence-corrected chi connectivity index (χ0v) is 16.7. The molecule has 2 aromatic carbocycles. The third kappa shape index (κ3) is 5.50. The average molecular weight is 457 g/mol. The van der Waals surface area contributed by atoms with Crippen molar-refractivity contribution >= 4 is 21.0 Å². The van der Waals surface area contributed by atoms with E-state index in [0.717, 1.165) is 0 Å². The molecule has 166 valence electrons. The van der Waals surface area contributed by atoms with Crippen LogP contribution in [0.4, 0.5) is 13.2 Å². The molecule has 1 aromatic heterocycles. The molecule has 11 heteroatoms. The quantitative estimate of drug-likeness (QED) is 0.468. The van der Waals surface area contributed by atoms with Gasteiger partial charge >= 0.3 is 11.8 Å². The van der Waals surface area contributed by atoms with Crippen LogP contribution in [0.5, 0.6) is 0 Å². The first-order valence-electron chi connectivity index (χ1n) is 9.01. The molecule has 0 bridgehead atoms. The van der Waals surface area contributed by atoms with Gasteiger partial charge in [-0.25, -0.2) is 17.9 Å². The molecular formula is C20H18F3NO6S. The van der Waals surface area contributed by atoms with Gasteiger partial charge < -0.3 is 14.6 Å². The fourth-order valence-electron chi connectivity index (χ4n) is 2.93. The summed E-state index contributed by atoms with van der Waals surface area (Å²) in [5.74, 6) is 0. The molecule has 3 rings (SSSR count). The zero-order chi connectivity index (χ0) is 22.8. The molecule has 31 heavy (non-hydrogen) atoms. The number of halogens is 3. The molecule has 0 amide bonds. The molecule has 7 nitrogen and oxygen atoms in total. The molecule has 0 radical (unpaired) electrons. The molecule has 0 aliphatic carbocycles. The summed E-state index contributed by atoms with van der Waals surface area (Å²) in [6.45, 7) is -0.942. The number of fused-ring (bicyclic) bond motifs is 1. The number of nitrogens with one attached hydrogen (secondary N) is 1. The van der Waals surface area contributed by atoms with Gasteiger partial charge in [0.25, 0.3) is 0 Å². The molecule has 0 spiro atoms. The van der Waals surface area contributed by atoms with Crippen LogP contribution in [0.15, 0.2) is 62.6 Å². The average Bonchev–Trinajstić information content (AvgIpc) is 2.71. The van der Waals surface area contributed by atoms with Crippen molar-refractivity contribution in [1.29, 1.82) is 0 Å². The van der Waals surface area contributed by atoms with Crippen molar-refractivity contribution in [1.82, 2.24) is 4.72 Å². The third-order valence-corrected chi connectivity index (χ3v) is 5.91. The predicted octanol–water partition coefficient (Wildman–Crippen LogP) is 2.03. The molecule has 0 aliphatic rings. The number of alkyl halides is 3. The Hall–Kier alpha value is -2.73. The van der Waals surface area contributed by atoms with Crippen molar-refractivity contribution in [2.45, 2.75) is 23.6 Å². The van der Waals surface area contributed by atoms with E-state index in [9.17, 15) is 31.5 Å². The smallest absolute Gasteiger partial charge is 0.417 e. The Kier molecular flexibility index (Phi) is 6.51. The standard InChI is InChI=1S/C20H18F3NO6S/c21-20(22,23)17-9-19(27)30-18-6-3-13(8-16(17)18)7-12-1-4-15(5-2-12)31(28,29)24-10-14(26)11-25/h1-6,8-9,14,24-26H,7,10-11H2. The molecular weight excluding hydrogens is 439 g/mol. The molecule has 3 aromatic rings. The summed E-state index contributed by atoms with van der Waals surface area (Å²) >= 11 is 0. The minimum Gasteiger partial charge on any atom is -0.423 e. The van der Waals surface area contributed by atoms with Gasteiger partial charge in [-0.15, -0.1) is 0 Å². The van der Waals surface area contributed by atoms with E-state index in [1.807, 2.05) is 0 Å². The highest BCUT2D eigenvalue weighted by Gasteiger charge is 2.33. The van der Waals surface area contributed by atoms with E-state index >= 15 is 0 Å². The zero-order valence-electron chi connectivity index (χ0n) is 15.9. The Labute approximate surface area is 174 Å². The largest absolute Gasteiger partial charge is 0.423 e. The third-order valence-electron chi connectivity index (χ3n) is 4.47. The molecule has 0 saturated heterocycles. The highest BCUT2D eigenvalue weighted by molar-refractivity contribution is 7.89. The second kappa shape index (κ2) is 8.79. The van der Waals surface area contributed by atoms with Crippen LogP contribution in [0, 0.1) is 0 Å². The molecule has 1 heterocycles. The fraction of sp³-hybridized carbons (Fsp3) is 0.250. The van der Waals surface area contributed by atoms with E-state index in [2.05, 4.69) is 4.72 Å². The lowest BCUT2D eigenvalue weighted by atomic mass is 10.0. The van der Waals surface area contributed by atoms with Crippen LogP contribution < -0.4 is 10.3 Å². The van der Waals surface area contributed by atoms with E-state index < -0.39 is 40.1 Å². The SMILES string of the molecule is O=c1cc(C(F)(F)F)c2cc(Cc3ccc(S(=O)(=O)NCC(O)CO)cc3)ccc2o1. The summed E-state index contributed by atoms with van der Waals surface area (Å²) in [7, 11) is -3.90. The Morgan fingerprint density at radius 1 is 1.03 bits per heavy atom. The van der Waals surface area contributed by atoms with Crippen LogP contribution in [0.25, 0.3) is 11.0 Å². The topological polar surface area (TPSA) is 117 Å². The maximum atomic E-state index is 13.3. The van der Waals surface area contributed by atoms with E-state index in [1.165, 1.54) is 42.5 Å². The summed E-state index contributed by atoms with van der Waals surface area (Å²) in [5.41, 5.74) is -1.21. The second-order valence-corrected chi connectivity index (χ2v) is 8.58. The van der Waals surface area contributed by atoms with Crippen molar-refractivity contribution < 1.29 is 36.2 Å². The monoisotopic (exact) mass is 457 g/mol. The van der Waals surface area contributed by atoms with Crippen LogP contribution in [-0.2, 0) is 22.6 Å². The highest BCUT2D eigenvalue weighted by atomic mass is 32.2. The Bertz CT molecular complexity index is 1240. The number of aliphatic hydroxyl groups excluding tert-OH is 2. The van der Waals surface area contributed by atoms with Gasteiger partial charge in [-0.2, -0.15) is 13.2 Å². The number of hydrogen-bond acceptors (Lipinski definition) is 6. The normalized spacial score (nSPS) is 13.5. The molecule has 0 saturated carbocycles. The van der Waals surface area contributed by atoms with Gasteiger partial charge in [0, 0.05) is 18.0 Å². The van der Waals surface area contributed by atoms with Gasteiger partial charge in [0.15, 0.2) is 0 Å². The lowest BCUT2D eigenvalue weighted by molar-refractivity contribution is -0.136. The summed E-state index contributed by atoms with van der Waals surface area (Å²) in [6.07, 6.45) is -5.74. The van der Waals surface area contributed by atoms with Gasteiger partial charge in [0.2, 0.25) is 10.0 Å². The summed E-state index contributed by atoms with van der Waals surface area (Å²) < 4.78 is 71.2. The Balaban J connectivity index is 1.84. The van der Waals surface area contributed by atoms with Crippen molar-refractivity contribution in [3.63, 3.8) is 0 Å². The van der Waals surface area contributed by atoms with Gasteiger partial charge in [-0.05, 0) is 41.8 Å². The molecule has 1 unspecified atom stereocenters. The second-order valence-electron chi connectivity index (χ2n) is 6.82. The van der Waals surface area contributed by atoms with Crippen LogP contribution >= 0.6 is 0 Å². The molecule has 1 atom stereocenters. The number of hydrogen-bond donors (Lipinski definition) is 3. The van der Waals surface area contributed by atoms with Crippen LogP contribution in [0.3, 0.4) is 0 Å². The molecule has 0 fully saturated rings. The van der Waals surface area contributed by atoms with Crippen molar-refractivity contribution in [2.24, 2.45) is 0 Å². The first-order chi connectivity index (χ1) is 14.5. The molecule has 0 aliphatic heterocycles. The Morgan fingerprint density at radius 3 is 2.29 bits per heavy atom. The maximum absolute atomic E-state index is 13.3. The lowest BCUT2D eigenvalue weighted by Gasteiger charge is -2.11. The van der Waals surface area contributed by atoms with Crippen molar-refractivity contribution in [3.8, 4) is 0 Å². The van der Waals surface area contributed by atoms with Crippen LogP contribution in [0.1, 0.15) is 16.7 Å². The van der Waals surface area contributed by atoms with E-state index in [4.69, 9.17) is 9.52 Å². The van der Waals surface area contributed by atoms with Gasteiger partial charge in [0.1, 0.15) is 5.58 Å². The predicted molar refractivity (Wildman–Crippen MR) is 105 cm³/mol. The van der Waals surface area contributed by atoms with E-state index in [-0.39, 0.29) is 28.8 Å². The van der Waals surface area contributed by atoms with Crippen LogP contribution in [0.2, 0.25) is 0 Å². The first-order valence-corrected chi connectivity index (χ1v) is 10.5. The minimum atomic E-state index is -4.72. The van der Waals surface area contributed by atoms with Gasteiger partial charge in [-0.3, -0.25) is 0 Å². The number of rotatable bonds is 7. The van der Waals surface area contributed by atoms with Crippen molar-refractivity contribution in [3.05, 3.63) is 75.6 Å². The Morgan fingerprint density at radius 2 is 1.68 bits per heavy atom. The number of benzene rings is 2. The maximum Gasteiger partial charge on any atom is 0.417 e. The summed E-state index contributed by atoms with van der Waals surface area (Å²) in [5, 5.41) is 17.8. The van der Waals surface area contributed by atoms with E-state index in [0.29, 0.717) is 17.2 Å². The number of sulfonamides is 1. The van der Waals surface area contributed by atoms with E-state index in [1.54, 1.807) is 0 Å². The van der Waals surface area contributed by atoms with Gasteiger partial charge in [-0.1, -0.05) is 18.2 Å². The minimum absolute atomic E-state index is 0.0685.